The van der Waals surface area contributed by atoms with Crippen molar-refractivity contribution in [2.75, 3.05) is 26.2 Å². The lowest BCUT2D eigenvalue weighted by Crippen LogP contribution is -2.44. The molecule has 1 atom stereocenters. The van der Waals surface area contributed by atoms with Crippen LogP contribution in [-0.2, 0) is 0 Å². The minimum absolute atomic E-state index is 0.356. The molecule has 3 nitrogen and oxygen atoms in total. The Morgan fingerprint density at radius 1 is 1.33 bits per heavy atom. The van der Waals surface area contributed by atoms with Crippen molar-refractivity contribution in [2.24, 2.45) is 0 Å². The summed E-state index contributed by atoms with van der Waals surface area (Å²) >= 11 is 0. The SMILES string of the molecule is C[C@H](c1cccc(O)c1)N1CCNCC1. The maximum atomic E-state index is 9.43. The molecule has 1 aliphatic heterocycles. The molecular formula is C12H18N2O. The second-order valence-electron chi connectivity index (χ2n) is 4.06. The van der Waals surface area contributed by atoms with Crippen molar-refractivity contribution < 1.29 is 5.11 Å². The molecule has 0 unspecified atom stereocenters. The van der Waals surface area contributed by atoms with Gasteiger partial charge in [0.1, 0.15) is 5.75 Å². The first-order valence-corrected chi connectivity index (χ1v) is 5.51. The van der Waals surface area contributed by atoms with E-state index in [1.54, 1.807) is 6.07 Å². The molecule has 1 heterocycles. The van der Waals surface area contributed by atoms with Crippen LogP contribution in [0.15, 0.2) is 24.3 Å². The highest BCUT2D eigenvalue weighted by molar-refractivity contribution is 5.29. The molecule has 1 aliphatic rings. The number of benzene rings is 1. The van der Waals surface area contributed by atoms with Crippen molar-refractivity contribution in [1.82, 2.24) is 10.2 Å². The van der Waals surface area contributed by atoms with Crippen LogP contribution >= 0.6 is 0 Å². The van der Waals surface area contributed by atoms with Gasteiger partial charge in [0.25, 0.3) is 0 Å². The summed E-state index contributed by atoms with van der Waals surface area (Å²) in [4.78, 5) is 2.44. The van der Waals surface area contributed by atoms with Crippen molar-refractivity contribution in [3.8, 4) is 5.75 Å². The van der Waals surface area contributed by atoms with E-state index in [4.69, 9.17) is 0 Å². The molecule has 0 saturated carbocycles. The number of nitrogens with zero attached hydrogens (tertiary/aromatic N) is 1. The molecule has 0 spiro atoms. The molecule has 0 radical (unpaired) electrons. The largest absolute Gasteiger partial charge is 0.508 e. The predicted octanol–water partition coefficient (Wildman–Crippen LogP) is 1.36. The van der Waals surface area contributed by atoms with Gasteiger partial charge in [-0.2, -0.15) is 0 Å². The van der Waals surface area contributed by atoms with Gasteiger partial charge in [0.05, 0.1) is 0 Å². The highest BCUT2D eigenvalue weighted by atomic mass is 16.3. The van der Waals surface area contributed by atoms with Crippen LogP contribution in [-0.4, -0.2) is 36.2 Å². The molecule has 82 valence electrons. The van der Waals surface area contributed by atoms with Gasteiger partial charge >= 0.3 is 0 Å². The molecule has 1 aromatic rings. The molecule has 15 heavy (non-hydrogen) atoms. The van der Waals surface area contributed by atoms with E-state index >= 15 is 0 Å². The Morgan fingerprint density at radius 2 is 2.07 bits per heavy atom. The number of phenolic OH excluding ortho intramolecular Hbond substituents is 1. The van der Waals surface area contributed by atoms with Gasteiger partial charge in [-0.05, 0) is 24.6 Å². The molecule has 0 aliphatic carbocycles. The fourth-order valence-electron chi connectivity index (χ4n) is 2.06. The average Bonchev–Trinajstić information content (AvgIpc) is 2.29. The fraction of sp³-hybridized carbons (Fsp3) is 0.500. The first kappa shape index (κ1) is 10.5. The molecule has 1 aromatic carbocycles. The second kappa shape index (κ2) is 4.64. The maximum Gasteiger partial charge on any atom is 0.115 e. The van der Waals surface area contributed by atoms with Gasteiger partial charge in [0.2, 0.25) is 0 Å². The zero-order valence-electron chi connectivity index (χ0n) is 9.11. The van der Waals surface area contributed by atoms with E-state index in [0.29, 0.717) is 11.8 Å². The highest BCUT2D eigenvalue weighted by Gasteiger charge is 2.17. The van der Waals surface area contributed by atoms with Crippen LogP contribution in [0.4, 0.5) is 0 Å². The van der Waals surface area contributed by atoms with Gasteiger partial charge < -0.3 is 10.4 Å². The van der Waals surface area contributed by atoms with Crippen LogP contribution in [0.2, 0.25) is 0 Å². The Balaban J connectivity index is 2.08. The third-order valence-corrected chi connectivity index (χ3v) is 3.05. The van der Waals surface area contributed by atoms with Gasteiger partial charge in [-0.1, -0.05) is 12.1 Å². The lowest BCUT2D eigenvalue weighted by molar-refractivity contribution is 0.185. The minimum atomic E-state index is 0.356. The van der Waals surface area contributed by atoms with Crippen molar-refractivity contribution in [3.63, 3.8) is 0 Å². The molecule has 1 saturated heterocycles. The summed E-state index contributed by atoms with van der Waals surface area (Å²) in [5.41, 5.74) is 1.19. The molecular weight excluding hydrogens is 188 g/mol. The first-order valence-electron chi connectivity index (χ1n) is 5.51. The maximum absolute atomic E-state index is 9.43. The van der Waals surface area contributed by atoms with Crippen LogP contribution in [0.5, 0.6) is 5.75 Å². The summed E-state index contributed by atoms with van der Waals surface area (Å²) in [7, 11) is 0. The lowest BCUT2D eigenvalue weighted by atomic mass is 10.1. The van der Waals surface area contributed by atoms with Crippen LogP contribution in [0, 0.1) is 0 Å². The zero-order chi connectivity index (χ0) is 10.7. The van der Waals surface area contributed by atoms with Crippen LogP contribution in [0.3, 0.4) is 0 Å². The molecule has 2 N–H and O–H groups in total. The molecule has 1 fully saturated rings. The van der Waals surface area contributed by atoms with E-state index in [2.05, 4.69) is 23.2 Å². The van der Waals surface area contributed by atoms with Crippen LogP contribution < -0.4 is 5.32 Å². The van der Waals surface area contributed by atoms with E-state index in [1.807, 2.05) is 12.1 Å². The average molecular weight is 206 g/mol. The number of hydrogen-bond donors (Lipinski definition) is 2. The summed E-state index contributed by atoms with van der Waals surface area (Å²) < 4.78 is 0. The lowest BCUT2D eigenvalue weighted by Gasteiger charge is -2.33. The number of aromatic hydroxyl groups is 1. The summed E-state index contributed by atoms with van der Waals surface area (Å²) in [6, 6.07) is 7.94. The molecule has 0 bridgehead atoms. The summed E-state index contributed by atoms with van der Waals surface area (Å²) in [6.45, 7) is 6.47. The number of hydrogen-bond acceptors (Lipinski definition) is 3. The molecule has 3 heteroatoms. The number of phenols is 1. The Morgan fingerprint density at radius 3 is 2.73 bits per heavy atom. The van der Waals surface area contributed by atoms with Gasteiger partial charge in [-0.25, -0.2) is 0 Å². The summed E-state index contributed by atoms with van der Waals surface area (Å²) in [5, 5.41) is 12.8. The van der Waals surface area contributed by atoms with Gasteiger partial charge in [0.15, 0.2) is 0 Å². The predicted molar refractivity (Wildman–Crippen MR) is 61.0 cm³/mol. The van der Waals surface area contributed by atoms with Gasteiger partial charge in [-0.3, -0.25) is 4.90 Å². The molecule has 2 rings (SSSR count). The topological polar surface area (TPSA) is 35.5 Å². The van der Waals surface area contributed by atoms with Crippen molar-refractivity contribution in [2.45, 2.75) is 13.0 Å². The van der Waals surface area contributed by atoms with Crippen LogP contribution in [0.25, 0.3) is 0 Å². The van der Waals surface area contributed by atoms with Gasteiger partial charge in [0, 0.05) is 32.2 Å². The molecule has 0 amide bonds. The zero-order valence-corrected chi connectivity index (χ0v) is 9.11. The normalized spacial score (nSPS) is 20.1. The van der Waals surface area contributed by atoms with Gasteiger partial charge in [-0.15, -0.1) is 0 Å². The second-order valence-corrected chi connectivity index (χ2v) is 4.06. The van der Waals surface area contributed by atoms with Crippen molar-refractivity contribution >= 4 is 0 Å². The van der Waals surface area contributed by atoms with E-state index < -0.39 is 0 Å². The third kappa shape index (κ3) is 2.49. The highest BCUT2D eigenvalue weighted by Crippen LogP contribution is 2.23. The number of nitrogens with one attached hydrogen (secondary N) is 1. The standard InChI is InChI=1S/C12H18N2O/c1-10(14-7-5-13-6-8-14)11-3-2-4-12(15)9-11/h2-4,9-10,13,15H,5-8H2,1H3/t10-/m1/s1. The Labute approximate surface area is 90.7 Å². The van der Waals surface area contributed by atoms with E-state index in [9.17, 15) is 5.11 Å². The minimum Gasteiger partial charge on any atom is -0.508 e. The van der Waals surface area contributed by atoms with E-state index in [-0.39, 0.29) is 0 Å². The van der Waals surface area contributed by atoms with Crippen LogP contribution in [0.1, 0.15) is 18.5 Å². The molecule has 0 aromatic heterocycles. The Hall–Kier alpha value is -1.06. The van der Waals surface area contributed by atoms with E-state index in [0.717, 1.165) is 26.2 Å². The third-order valence-electron chi connectivity index (χ3n) is 3.05. The van der Waals surface area contributed by atoms with Crippen molar-refractivity contribution in [1.29, 1.82) is 0 Å². The van der Waals surface area contributed by atoms with E-state index in [1.165, 1.54) is 5.56 Å². The van der Waals surface area contributed by atoms with Crippen molar-refractivity contribution in [3.05, 3.63) is 29.8 Å². The Bertz CT molecular complexity index is 321. The first-order chi connectivity index (χ1) is 7.27. The monoisotopic (exact) mass is 206 g/mol. The summed E-state index contributed by atoms with van der Waals surface area (Å²) in [5.74, 6) is 0.356. The Kier molecular flexibility index (Phi) is 3.23. The quantitative estimate of drug-likeness (QED) is 0.767. The number of rotatable bonds is 2. The smallest absolute Gasteiger partial charge is 0.115 e. The number of piperazine rings is 1. The summed E-state index contributed by atoms with van der Waals surface area (Å²) in [6.07, 6.45) is 0. The fourth-order valence-corrected chi connectivity index (χ4v) is 2.06.